The molecule has 6 nitrogen and oxygen atoms in total. The third-order valence-electron chi connectivity index (χ3n) is 1.89. The largest absolute Gasteiger partial charge is 0.344 e. The molecule has 0 bridgehead atoms. The Hall–Kier alpha value is -2.29. The van der Waals surface area contributed by atoms with E-state index in [0.29, 0.717) is 5.56 Å². The number of hydrogen-bond donors (Lipinski definition) is 2. The van der Waals surface area contributed by atoms with Gasteiger partial charge in [0.2, 0.25) is 5.91 Å². The Labute approximate surface area is 91.3 Å². The van der Waals surface area contributed by atoms with Gasteiger partial charge in [0.05, 0.1) is 6.54 Å². The number of aromatic nitrogens is 2. The second kappa shape index (κ2) is 4.98. The zero-order valence-electron chi connectivity index (χ0n) is 8.74. The molecule has 0 aliphatic heterocycles. The number of nitrogens with one attached hydrogen (secondary N) is 2. The molecule has 0 spiro atoms. The zero-order chi connectivity index (χ0) is 12.1. The number of amides is 1. The molecule has 0 aliphatic rings. The molecule has 2 N–H and O–H groups in total. The molecule has 6 heteroatoms. The monoisotopic (exact) mass is 221 g/mol. The highest BCUT2D eigenvalue weighted by atomic mass is 16.2. The summed E-state index contributed by atoms with van der Waals surface area (Å²) in [4.78, 5) is 35.7. The van der Waals surface area contributed by atoms with Crippen LogP contribution in [-0.2, 0) is 11.3 Å². The van der Waals surface area contributed by atoms with Crippen molar-refractivity contribution >= 4 is 5.91 Å². The van der Waals surface area contributed by atoms with Gasteiger partial charge in [0, 0.05) is 11.8 Å². The molecule has 1 amide bonds. The number of nitrogens with zero attached hydrogens (tertiary/aromatic N) is 1. The van der Waals surface area contributed by atoms with Crippen LogP contribution in [0, 0.1) is 19.3 Å². The van der Waals surface area contributed by atoms with Gasteiger partial charge in [0.25, 0.3) is 5.56 Å². The number of carbonyl (C=O) groups is 1. The van der Waals surface area contributed by atoms with Gasteiger partial charge in [-0.2, -0.15) is 0 Å². The second-order valence-corrected chi connectivity index (χ2v) is 3.18. The summed E-state index contributed by atoms with van der Waals surface area (Å²) in [6.45, 7) is 1.49. The van der Waals surface area contributed by atoms with E-state index in [1.54, 1.807) is 6.92 Å². The predicted molar refractivity (Wildman–Crippen MR) is 57.9 cm³/mol. The SMILES string of the molecule is C#CCNC(=O)Cn1cc(C)c(=O)[nH]c1=O. The first kappa shape index (κ1) is 11.8. The lowest BCUT2D eigenvalue weighted by atomic mass is 10.4. The Balaban J connectivity index is 2.87. The van der Waals surface area contributed by atoms with Crippen molar-refractivity contribution in [3.8, 4) is 12.3 Å². The molecule has 0 saturated carbocycles. The van der Waals surface area contributed by atoms with E-state index < -0.39 is 11.2 Å². The van der Waals surface area contributed by atoms with Gasteiger partial charge in [0.15, 0.2) is 0 Å². The number of carbonyl (C=O) groups excluding carboxylic acids is 1. The fraction of sp³-hybridized carbons (Fsp3) is 0.300. The van der Waals surface area contributed by atoms with E-state index in [1.807, 2.05) is 0 Å². The highest BCUT2D eigenvalue weighted by molar-refractivity contribution is 5.75. The fourth-order valence-corrected chi connectivity index (χ4v) is 1.10. The molecule has 1 aromatic rings. The molecule has 1 heterocycles. The van der Waals surface area contributed by atoms with E-state index in [4.69, 9.17) is 6.42 Å². The Morgan fingerprint density at radius 3 is 2.94 bits per heavy atom. The van der Waals surface area contributed by atoms with Crippen LogP contribution in [0.25, 0.3) is 0 Å². The number of rotatable bonds is 3. The predicted octanol–water partition coefficient (Wildman–Crippen LogP) is -1.41. The van der Waals surface area contributed by atoms with Crippen LogP contribution >= 0.6 is 0 Å². The van der Waals surface area contributed by atoms with Gasteiger partial charge in [-0.15, -0.1) is 6.42 Å². The topological polar surface area (TPSA) is 84.0 Å². The Kier molecular flexibility index (Phi) is 3.67. The van der Waals surface area contributed by atoms with Gasteiger partial charge in [-0.3, -0.25) is 19.1 Å². The average Bonchev–Trinajstić information content (AvgIpc) is 2.23. The Morgan fingerprint density at radius 1 is 1.62 bits per heavy atom. The van der Waals surface area contributed by atoms with Crippen molar-refractivity contribution in [1.82, 2.24) is 14.9 Å². The summed E-state index contributed by atoms with van der Waals surface area (Å²) in [5.41, 5.74) is -0.707. The summed E-state index contributed by atoms with van der Waals surface area (Å²) in [5.74, 6) is 1.86. The number of aromatic amines is 1. The number of hydrogen-bond acceptors (Lipinski definition) is 3. The molecule has 84 valence electrons. The van der Waals surface area contributed by atoms with E-state index in [-0.39, 0.29) is 19.0 Å². The molecule has 0 aromatic carbocycles. The molecule has 0 fully saturated rings. The molecule has 0 saturated heterocycles. The van der Waals surface area contributed by atoms with Gasteiger partial charge in [0.1, 0.15) is 6.54 Å². The highest BCUT2D eigenvalue weighted by Gasteiger charge is 2.05. The van der Waals surface area contributed by atoms with Gasteiger partial charge < -0.3 is 5.32 Å². The second-order valence-electron chi connectivity index (χ2n) is 3.18. The first-order valence-electron chi connectivity index (χ1n) is 4.55. The van der Waals surface area contributed by atoms with E-state index >= 15 is 0 Å². The van der Waals surface area contributed by atoms with Crippen LogP contribution in [0.4, 0.5) is 0 Å². The first-order valence-corrected chi connectivity index (χ1v) is 4.55. The summed E-state index contributed by atoms with van der Waals surface area (Å²) in [5, 5.41) is 2.42. The van der Waals surface area contributed by atoms with Crippen molar-refractivity contribution in [3.63, 3.8) is 0 Å². The van der Waals surface area contributed by atoms with Gasteiger partial charge >= 0.3 is 5.69 Å². The molecule has 0 unspecified atom stereocenters. The van der Waals surface area contributed by atoms with Crippen LogP contribution in [0.5, 0.6) is 0 Å². The third kappa shape index (κ3) is 2.85. The van der Waals surface area contributed by atoms with Gasteiger partial charge in [-0.05, 0) is 6.92 Å². The third-order valence-corrected chi connectivity index (χ3v) is 1.89. The van der Waals surface area contributed by atoms with Crippen molar-refractivity contribution < 1.29 is 4.79 Å². The molecule has 1 aromatic heterocycles. The van der Waals surface area contributed by atoms with E-state index in [2.05, 4.69) is 16.2 Å². The fourth-order valence-electron chi connectivity index (χ4n) is 1.10. The highest BCUT2D eigenvalue weighted by Crippen LogP contribution is 1.84. The lowest BCUT2D eigenvalue weighted by Gasteiger charge is -2.05. The number of H-pyrrole nitrogens is 1. The number of aryl methyl sites for hydroxylation is 1. The van der Waals surface area contributed by atoms with Crippen molar-refractivity contribution in [1.29, 1.82) is 0 Å². The van der Waals surface area contributed by atoms with Crippen molar-refractivity contribution in [2.45, 2.75) is 13.5 Å². The zero-order valence-corrected chi connectivity index (χ0v) is 8.74. The molecule has 16 heavy (non-hydrogen) atoms. The normalized spacial score (nSPS) is 9.50. The van der Waals surface area contributed by atoms with E-state index in [1.165, 1.54) is 6.20 Å². The maximum Gasteiger partial charge on any atom is 0.328 e. The Morgan fingerprint density at radius 2 is 2.31 bits per heavy atom. The van der Waals surface area contributed by atoms with Crippen molar-refractivity contribution in [2.75, 3.05) is 6.54 Å². The summed E-state index contributed by atoms with van der Waals surface area (Å²) in [7, 11) is 0. The molecule has 0 aliphatic carbocycles. The minimum atomic E-state index is -0.619. The van der Waals surface area contributed by atoms with E-state index in [0.717, 1.165) is 4.57 Å². The Bertz CT molecular complexity index is 548. The number of terminal acetylenes is 1. The summed E-state index contributed by atoms with van der Waals surface area (Å²) >= 11 is 0. The minimum absolute atomic E-state index is 0.107. The van der Waals surface area contributed by atoms with Crippen LogP contribution in [0.15, 0.2) is 15.8 Å². The minimum Gasteiger partial charge on any atom is -0.344 e. The van der Waals surface area contributed by atoms with Crippen LogP contribution in [-0.4, -0.2) is 22.0 Å². The van der Waals surface area contributed by atoms with Crippen molar-refractivity contribution in [2.24, 2.45) is 0 Å². The summed E-state index contributed by atoms with van der Waals surface area (Å²) < 4.78 is 1.11. The van der Waals surface area contributed by atoms with Gasteiger partial charge in [-0.1, -0.05) is 5.92 Å². The summed E-state index contributed by atoms with van der Waals surface area (Å²) in [6.07, 6.45) is 6.29. The smallest absolute Gasteiger partial charge is 0.328 e. The summed E-state index contributed by atoms with van der Waals surface area (Å²) in [6, 6.07) is 0. The van der Waals surface area contributed by atoms with Crippen LogP contribution < -0.4 is 16.6 Å². The standard InChI is InChI=1S/C10H11N3O3/c1-3-4-11-8(14)6-13-5-7(2)9(15)12-10(13)16/h1,5H,4,6H2,2H3,(H,11,14)(H,12,15,16). The lowest BCUT2D eigenvalue weighted by molar-refractivity contribution is -0.121. The van der Waals surface area contributed by atoms with Crippen LogP contribution in [0.1, 0.15) is 5.56 Å². The molecule has 0 radical (unpaired) electrons. The lowest BCUT2D eigenvalue weighted by Crippen LogP contribution is -2.36. The van der Waals surface area contributed by atoms with Crippen LogP contribution in [0.3, 0.4) is 0 Å². The molecule has 0 atom stereocenters. The van der Waals surface area contributed by atoms with Crippen LogP contribution in [0.2, 0.25) is 0 Å². The van der Waals surface area contributed by atoms with Gasteiger partial charge in [-0.25, -0.2) is 4.79 Å². The maximum absolute atomic E-state index is 11.3. The molecular weight excluding hydrogens is 210 g/mol. The average molecular weight is 221 g/mol. The quantitative estimate of drug-likeness (QED) is 0.615. The van der Waals surface area contributed by atoms with E-state index in [9.17, 15) is 14.4 Å². The molecule has 1 rings (SSSR count). The van der Waals surface area contributed by atoms with Crippen molar-refractivity contribution in [3.05, 3.63) is 32.6 Å². The molecular formula is C10H11N3O3. The first-order chi connectivity index (χ1) is 7.54. The maximum atomic E-state index is 11.3.